The number of hydrogen-bond acceptors (Lipinski definition) is 3. The summed E-state index contributed by atoms with van der Waals surface area (Å²) in [5.41, 5.74) is 5.98. The summed E-state index contributed by atoms with van der Waals surface area (Å²) in [5, 5.41) is 12.5. The summed E-state index contributed by atoms with van der Waals surface area (Å²) in [7, 11) is 0. The quantitative estimate of drug-likeness (QED) is 0.608. The van der Waals surface area contributed by atoms with Gasteiger partial charge in [-0.05, 0) is 36.2 Å². The fourth-order valence-electron chi connectivity index (χ4n) is 3.95. The average Bonchev–Trinajstić information content (AvgIpc) is 3.34. The standard InChI is InChI=1S/C19H19N5/c1-2-6-17-15(4-1)14(10-20-17)12-24-9-8-13(11-24)16-5-3-7-18-19(16)22-23-21-18/h1-7,10,13,20H,8-9,11-12H2,(H,21,22,23). The minimum atomic E-state index is 0.531. The number of aromatic amines is 2. The lowest BCUT2D eigenvalue weighted by molar-refractivity contribution is 0.328. The molecule has 5 heteroatoms. The van der Waals surface area contributed by atoms with Crippen molar-refractivity contribution in [3.63, 3.8) is 0 Å². The number of aromatic nitrogens is 4. The Balaban J connectivity index is 1.38. The fraction of sp³-hybridized carbons (Fsp3) is 0.263. The molecule has 3 heterocycles. The Bertz CT molecular complexity index is 999. The van der Waals surface area contributed by atoms with Gasteiger partial charge in [0.05, 0.1) is 5.52 Å². The highest BCUT2D eigenvalue weighted by Gasteiger charge is 2.26. The van der Waals surface area contributed by atoms with Crippen LogP contribution in [-0.2, 0) is 6.54 Å². The molecule has 2 N–H and O–H groups in total. The van der Waals surface area contributed by atoms with E-state index < -0.39 is 0 Å². The summed E-state index contributed by atoms with van der Waals surface area (Å²) in [6.07, 6.45) is 3.32. The van der Waals surface area contributed by atoms with Crippen LogP contribution in [0.4, 0.5) is 0 Å². The van der Waals surface area contributed by atoms with Crippen molar-refractivity contribution in [1.29, 1.82) is 0 Å². The van der Waals surface area contributed by atoms with Gasteiger partial charge >= 0.3 is 0 Å². The molecule has 4 aromatic rings. The molecular weight excluding hydrogens is 298 g/mol. The van der Waals surface area contributed by atoms with E-state index in [1.54, 1.807) is 0 Å². The molecule has 2 aromatic carbocycles. The van der Waals surface area contributed by atoms with Crippen LogP contribution in [0.15, 0.2) is 48.7 Å². The molecule has 1 saturated heterocycles. The molecule has 0 amide bonds. The Morgan fingerprint density at radius 1 is 1.08 bits per heavy atom. The van der Waals surface area contributed by atoms with Gasteiger partial charge in [0.2, 0.25) is 0 Å². The Hall–Kier alpha value is -2.66. The van der Waals surface area contributed by atoms with Crippen LogP contribution in [0.3, 0.4) is 0 Å². The first-order chi connectivity index (χ1) is 11.9. The maximum Gasteiger partial charge on any atom is 0.116 e. The zero-order chi connectivity index (χ0) is 15.9. The fourth-order valence-corrected chi connectivity index (χ4v) is 3.95. The van der Waals surface area contributed by atoms with Crippen LogP contribution in [-0.4, -0.2) is 38.4 Å². The van der Waals surface area contributed by atoms with Crippen LogP contribution < -0.4 is 0 Å². The summed E-state index contributed by atoms with van der Waals surface area (Å²) in [4.78, 5) is 5.92. The lowest BCUT2D eigenvalue weighted by Crippen LogP contribution is -2.19. The topological polar surface area (TPSA) is 60.6 Å². The average molecular weight is 317 g/mol. The number of likely N-dealkylation sites (tertiary alicyclic amines) is 1. The molecule has 120 valence electrons. The summed E-state index contributed by atoms with van der Waals surface area (Å²) >= 11 is 0. The number of nitrogens with zero attached hydrogens (tertiary/aromatic N) is 3. The minimum Gasteiger partial charge on any atom is -0.361 e. The molecule has 24 heavy (non-hydrogen) atoms. The Morgan fingerprint density at radius 2 is 2.00 bits per heavy atom. The Labute approximate surface area is 139 Å². The van der Waals surface area contributed by atoms with Gasteiger partial charge in [-0.15, -0.1) is 5.10 Å². The maximum atomic E-state index is 4.28. The van der Waals surface area contributed by atoms with E-state index >= 15 is 0 Å². The molecule has 1 unspecified atom stereocenters. The van der Waals surface area contributed by atoms with Gasteiger partial charge in [0.15, 0.2) is 0 Å². The first-order valence-corrected chi connectivity index (χ1v) is 8.45. The summed E-state index contributed by atoms with van der Waals surface area (Å²) < 4.78 is 0. The van der Waals surface area contributed by atoms with Crippen LogP contribution in [0, 0.1) is 0 Å². The smallest absolute Gasteiger partial charge is 0.116 e. The number of benzene rings is 2. The largest absolute Gasteiger partial charge is 0.361 e. The summed E-state index contributed by atoms with van der Waals surface area (Å²) in [5.74, 6) is 0.531. The van der Waals surface area contributed by atoms with Gasteiger partial charge < -0.3 is 4.98 Å². The molecule has 0 bridgehead atoms. The van der Waals surface area contributed by atoms with Gasteiger partial charge in [0.25, 0.3) is 0 Å². The van der Waals surface area contributed by atoms with Crippen LogP contribution in [0.1, 0.15) is 23.5 Å². The van der Waals surface area contributed by atoms with E-state index in [1.165, 1.54) is 28.5 Å². The van der Waals surface area contributed by atoms with Crippen molar-refractivity contribution in [2.45, 2.75) is 18.9 Å². The van der Waals surface area contributed by atoms with E-state index in [2.05, 4.69) is 67.9 Å². The van der Waals surface area contributed by atoms with Crippen LogP contribution >= 0.6 is 0 Å². The highest BCUT2D eigenvalue weighted by Crippen LogP contribution is 2.32. The normalized spacial score (nSPS) is 18.8. The number of hydrogen-bond donors (Lipinski definition) is 2. The van der Waals surface area contributed by atoms with E-state index in [1.807, 2.05) is 6.07 Å². The molecule has 5 nitrogen and oxygen atoms in total. The SMILES string of the molecule is c1ccc2c(CN3CCC(c4cccc5[nH]nnc45)C3)c[nH]c2c1. The number of para-hydroxylation sites is 1. The third-order valence-corrected chi connectivity index (χ3v) is 5.17. The second kappa shape index (κ2) is 5.46. The maximum absolute atomic E-state index is 4.28. The third-order valence-electron chi connectivity index (χ3n) is 5.17. The predicted octanol–water partition coefficient (Wildman–Crippen LogP) is 3.43. The second-order valence-corrected chi connectivity index (χ2v) is 6.64. The molecule has 1 atom stereocenters. The number of H-pyrrole nitrogens is 2. The van der Waals surface area contributed by atoms with Gasteiger partial charge in [-0.2, -0.15) is 0 Å². The van der Waals surface area contributed by atoms with Crippen LogP contribution in [0.2, 0.25) is 0 Å². The Morgan fingerprint density at radius 3 is 3.00 bits per heavy atom. The van der Waals surface area contributed by atoms with E-state index in [4.69, 9.17) is 0 Å². The molecule has 1 aliphatic rings. The summed E-state index contributed by atoms with van der Waals surface area (Å²) in [6, 6.07) is 14.9. The highest BCUT2D eigenvalue weighted by atomic mass is 15.3. The predicted molar refractivity (Wildman–Crippen MR) is 94.8 cm³/mol. The molecule has 5 rings (SSSR count). The monoisotopic (exact) mass is 317 g/mol. The van der Waals surface area contributed by atoms with Crippen molar-refractivity contribution >= 4 is 21.9 Å². The zero-order valence-corrected chi connectivity index (χ0v) is 13.4. The molecule has 2 aromatic heterocycles. The van der Waals surface area contributed by atoms with Gasteiger partial charge in [-0.3, -0.25) is 10.00 Å². The van der Waals surface area contributed by atoms with Gasteiger partial charge in [-0.1, -0.05) is 35.5 Å². The first-order valence-electron chi connectivity index (χ1n) is 8.45. The Kier molecular flexibility index (Phi) is 3.13. The highest BCUT2D eigenvalue weighted by molar-refractivity contribution is 5.83. The van der Waals surface area contributed by atoms with E-state index in [-0.39, 0.29) is 0 Å². The zero-order valence-electron chi connectivity index (χ0n) is 13.4. The van der Waals surface area contributed by atoms with E-state index in [0.717, 1.165) is 30.7 Å². The number of nitrogens with one attached hydrogen (secondary N) is 2. The molecule has 0 spiro atoms. The number of rotatable bonds is 3. The van der Waals surface area contributed by atoms with Crippen molar-refractivity contribution < 1.29 is 0 Å². The lowest BCUT2D eigenvalue weighted by atomic mass is 9.97. The first kappa shape index (κ1) is 13.7. The minimum absolute atomic E-state index is 0.531. The molecule has 0 radical (unpaired) electrons. The molecule has 1 fully saturated rings. The number of fused-ring (bicyclic) bond motifs is 2. The second-order valence-electron chi connectivity index (χ2n) is 6.64. The molecule has 1 aliphatic heterocycles. The molecule has 0 saturated carbocycles. The third kappa shape index (κ3) is 2.20. The van der Waals surface area contributed by atoms with Crippen molar-refractivity contribution in [3.8, 4) is 0 Å². The van der Waals surface area contributed by atoms with Gasteiger partial charge in [0.1, 0.15) is 5.52 Å². The lowest BCUT2D eigenvalue weighted by Gasteiger charge is -2.16. The van der Waals surface area contributed by atoms with E-state index in [0.29, 0.717) is 5.92 Å². The molecule has 0 aliphatic carbocycles. The van der Waals surface area contributed by atoms with Gasteiger partial charge in [-0.25, -0.2) is 0 Å². The summed E-state index contributed by atoms with van der Waals surface area (Å²) in [6.45, 7) is 3.19. The van der Waals surface area contributed by atoms with Crippen molar-refractivity contribution in [2.24, 2.45) is 0 Å². The van der Waals surface area contributed by atoms with Crippen LogP contribution in [0.5, 0.6) is 0 Å². The van der Waals surface area contributed by atoms with Crippen molar-refractivity contribution in [2.75, 3.05) is 13.1 Å². The van der Waals surface area contributed by atoms with Crippen molar-refractivity contribution in [3.05, 3.63) is 59.8 Å². The van der Waals surface area contributed by atoms with E-state index in [9.17, 15) is 0 Å². The molecular formula is C19H19N5. The van der Waals surface area contributed by atoms with Crippen LogP contribution in [0.25, 0.3) is 21.9 Å². The van der Waals surface area contributed by atoms with Crippen molar-refractivity contribution in [1.82, 2.24) is 25.3 Å². The van der Waals surface area contributed by atoms with Gasteiger partial charge in [0, 0.05) is 36.1 Å².